The molecule has 1 N–H and O–H groups in total. The first-order chi connectivity index (χ1) is 11.7. The minimum Gasteiger partial charge on any atom is -0.462 e. The molecule has 0 aliphatic heterocycles. The van der Waals surface area contributed by atoms with E-state index in [1.54, 1.807) is 17.7 Å². The molecule has 0 aliphatic rings. The molecule has 0 aliphatic carbocycles. The number of rotatable bonds is 4. The van der Waals surface area contributed by atoms with E-state index in [0.717, 1.165) is 5.56 Å². The molecule has 2 aromatic heterocycles. The summed E-state index contributed by atoms with van der Waals surface area (Å²) in [6, 6.07) is 11.7. The van der Waals surface area contributed by atoms with E-state index < -0.39 is 11.4 Å². The number of ether oxygens (including phenoxy) is 1. The third kappa shape index (κ3) is 2.68. The van der Waals surface area contributed by atoms with Crippen LogP contribution in [0.1, 0.15) is 28.4 Å². The van der Waals surface area contributed by atoms with Crippen LogP contribution in [0.15, 0.2) is 47.5 Å². The molecule has 24 heavy (non-hydrogen) atoms. The molecule has 0 spiro atoms. The van der Waals surface area contributed by atoms with Gasteiger partial charge >= 0.3 is 5.97 Å². The summed E-state index contributed by atoms with van der Waals surface area (Å²) in [7, 11) is 0. The number of aromatic amines is 1. The number of H-pyrrole nitrogens is 1. The van der Waals surface area contributed by atoms with Crippen molar-refractivity contribution < 1.29 is 9.53 Å². The summed E-state index contributed by atoms with van der Waals surface area (Å²) in [5.74, 6) is -0.694. The monoisotopic (exact) mass is 321 g/mol. The van der Waals surface area contributed by atoms with Crippen molar-refractivity contribution in [2.45, 2.75) is 13.5 Å². The number of pyridine rings is 1. The molecule has 0 unspecified atom stereocenters. The summed E-state index contributed by atoms with van der Waals surface area (Å²) in [5.41, 5.74) is 1.18. The van der Waals surface area contributed by atoms with Gasteiger partial charge in [-0.15, -0.1) is 0 Å². The maximum atomic E-state index is 12.6. The van der Waals surface area contributed by atoms with Crippen molar-refractivity contribution in [3.05, 3.63) is 69.6 Å². The minimum absolute atomic E-state index is 0.0988. The smallest absolute Gasteiger partial charge is 0.343 e. The molecule has 0 fully saturated rings. The fraction of sp³-hybridized carbons (Fsp3) is 0.167. The van der Waals surface area contributed by atoms with Crippen molar-refractivity contribution in [2.24, 2.45) is 0 Å². The van der Waals surface area contributed by atoms with Crippen molar-refractivity contribution in [1.82, 2.24) is 9.55 Å². The number of carbonyl (C=O) groups excluding carboxylic acids is 1. The number of nitrogens with zero attached hydrogens (tertiary/aromatic N) is 2. The molecule has 1 aromatic carbocycles. The lowest BCUT2D eigenvalue weighted by Gasteiger charge is -2.06. The molecule has 0 saturated heterocycles. The molecular weight excluding hydrogens is 306 g/mol. The van der Waals surface area contributed by atoms with Crippen molar-refractivity contribution in [3.63, 3.8) is 0 Å². The summed E-state index contributed by atoms with van der Waals surface area (Å²) in [6.45, 7) is 2.35. The van der Waals surface area contributed by atoms with Crippen LogP contribution >= 0.6 is 0 Å². The molecule has 3 aromatic rings. The Balaban J connectivity index is 2.14. The van der Waals surface area contributed by atoms with Gasteiger partial charge < -0.3 is 14.3 Å². The van der Waals surface area contributed by atoms with Gasteiger partial charge in [0.05, 0.1) is 17.6 Å². The van der Waals surface area contributed by atoms with Crippen LogP contribution in [0.4, 0.5) is 0 Å². The minimum atomic E-state index is -0.694. The van der Waals surface area contributed by atoms with E-state index in [2.05, 4.69) is 4.98 Å². The molecule has 0 amide bonds. The lowest BCUT2D eigenvalue weighted by Crippen LogP contribution is -2.18. The van der Waals surface area contributed by atoms with E-state index in [-0.39, 0.29) is 23.1 Å². The van der Waals surface area contributed by atoms with Gasteiger partial charge in [-0.2, -0.15) is 5.26 Å². The van der Waals surface area contributed by atoms with Crippen LogP contribution in [0.2, 0.25) is 0 Å². The Labute approximate surface area is 137 Å². The Hall–Kier alpha value is -3.33. The highest BCUT2D eigenvalue weighted by Gasteiger charge is 2.19. The second kappa shape index (κ2) is 6.42. The van der Waals surface area contributed by atoms with Gasteiger partial charge in [0.25, 0.3) is 0 Å². The van der Waals surface area contributed by atoms with Gasteiger partial charge in [-0.25, -0.2) is 4.79 Å². The Morgan fingerprint density at radius 3 is 2.75 bits per heavy atom. The molecule has 2 heterocycles. The van der Waals surface area contributed by atoms with Crippen LogP contribution in [-0.2, 0) is 11.3 Å². The standard InChI is InChI=1S/C18H15N3O3/c1-2-24-18(23)14-9-20-17-15(16(14)22)13(8-19)11-21(17)10-12-6-4-3-5-7-12/h3-7,9,11H,2,10H2,1H3,(H,20,22). The Kier molecular flexibility index (Phi) is 4.17. The van der Waals surface area contributed by atoms with Crippen LogP contribution in [0.3, 0.4) is 0 Å². The van der Waals surface area contributed by atoms with E-state index >= 15 is 0 Å². The molecule has 0 saturated carbocycles. The molecule has 0 atom stereocenters. The van der Waals surface area contributed by atoms with Gasteiger partial charge in [0.1, 0.15) is 17.3 Å². The highest BCUT2D eigenvalue weighted by molar-refractivity contribution is 5.94. The molecular formula is C18H15N3O3. The van der Waals surface area contributed by atoms with Gasteiger partial charge in [0.2, 0.25) is 5.43 Å². The van der Waals surface area contributed by atoms with Gasteiger partial charge in [0, 0.05) is 18.9 Å². The topological polar surface area (TPSA) is 87.9 Å². The third-order valence-electron chi connectivity index (χ3n) is 3.71. The predicted molar refractivity (Wildman–Crippen MR) is 88.8 cm³/mol. The highest BCUT2D eigenvalue weighted by Crippen LogP contribution is 2.18. The summed E-state index contributed by atoms with van der Waals surface area (Å²) in [4.78, 5) is 27.4. The van der Waals surface area contributed by atoms with E-state index in [4.69, 9.17) is 4.74 Å². The molecule has 6 nitrogen and oxygen atoms in total. The SMILES string of the molecule is CCOC(=O)c1c[nH]c2c(c(C#N)cn2Cc2ccccc2)c1=O. The Morgan fingerprint density at radius 2 is 2.08 bits per heavy atom. The average Bonchev–Trinajstić information content (AvgIpc) is 2.95. The van der Waals surface area contributed by atoms with Crippen molar-refractivity contribution >= 4 is 17.0 Å². The van der Waals surface area contributed by atoms with Gasteiger partial charge in [-0.05, 0) is 12.5 Å². The Morgan fingerprint density at radius 1 is 1.33 bits per heavy atom. The van der Waals surface area contributed by atoms with Crippen LogP contribution in [0, 0.1) is 11.3 Å². The molecule has 3 rings (SSSR count). The second-order valence-electron chi connectivity index (χ2n) is 5.24. The molecule has 6 heteroatoms. The number of nitrogens with one attached hydrogen (secondary N) is 1. The maximum Gasteiger partial charge on any atom is 0.343 e. The van der Waals surface area contributed by atoms with Crippen molar-refractivity contribution in [2.75, 3.05) is 6.61 Å². The fourth-order valence-electron chi connectivity index (χ4n) is 2.63. The first kappa shape index (κ1) is 15.6. The number of nitriles is 1. The second-order valence-corrected chi connectivity index (χ2v) is 5.24. The quantitative estimate of drug-likeness (QED) is 0.748. The first-order valence-corrected chi connectivity index (χ1v) is 7.51. The number of fused-ring (bicyclic) bond motifs is 1. The lowest BCUT2D eigenvalue weighted by molar-refractivity contribution is 0.0524. The fourth-order valence-corrected chi connectivity index (χ4v) is 2.63. The normalized spacial score (nSPS) is 10.5. The number of aromatic nitrogens is 2. The maximum absolute atomic E-state index is 12.6. The van der Waals surface area contributed by atoms with Crippen LogP contribution in [-0.4, -0.2) is 22.1 Å². The summed E-state index contributed by atoms with van der Waals surface area (Å²) < 4.78 is 6.68. The number of esters is 1. The Bertz CT molecular complexity index is 994. The van der Waals surface area contributed by atoms with Crippen LogP contribution < -0.4 is 5.43 Å². The summed E-state index contributed by atoms with van der Waals surface area (Å²) >= 11 is 0. The van der Waals surface area contributed by atoms with Crippen molar-refractivity contribution in [1.29, 1.82) is 5.26 Å². The molecule has 120 valence electrons. The zero-order valence-electron chi connectivity index (χ0n) is 13.1. The average molecular weight is 321 g/mol. The van der Waals surface area contributed by atoms with Crippen molar-refractivity contribution in [3.8, 4) is 6.07 Å². The van der Waals surface area contributed by atoms with E-state index in [9.17, 15) is 14.9 Å². The zero-order valence-corrected chi connectivity index (χ0v) is 13.1. The van der Waals surface area contributed by atoms with E-state index in [0.29, 0.717) is 12.2 Å². The highest BCUT2D eigenvalue weighted by atomic mass is 16.5. The van der Waals surface area contributed by atoms with Crippen LogP contribution in [0.25, 0.3) is 11.0 Å². The van der Waals surface area contributed by atoms with E-state index in [1.807, 2.05) is 36.4 Å². The van der Waals surface area contributed by atoms with Gasteiger partial charge in [-0.3, -0.25) is 4.79 Å². The van der Waals surface area contributed by atoms with Gasteiger partial charge in [0.15, 0.2) is 0 Å². The number of benzene rings is 1. The predicted octanol–water partition coefficient (Wildman–Crippen LogP) is 2.43. The number of hydrogen-bond acceptors (Lipinski definition) is 4. The third-order valence-corrected chi connectivity index (χ3v) is 3.71. The largest absolute Gasteiger partial charge is 0.462 e. The summed E-state index contributed by atoms with van der Waals surface area (Å²) in [5, 5.41) is 9.55. The first-order valence-electron chi connectivity index (χ1n) is 7.51. The number of carbonyl (C=O) groups is 1. The van der Waals surface area contributed by atoms with Gasteiger partial charge in [-0.1, -0.05) is 30.3 Å². The van der Waals surface area contributed by atoms with Crippen LogP contribution in [0.5, 0.6) is 0 Å². The zero-order chi connectivity index (χ0) is 17.1. The number of hydrogen-bond donors (Lipinski definition) is 1. The van der Waals surface area contributed by atoms with E-state index in [1.165, 1.54) is 6.20 Å². The summed E-state index contributed by atoms with van der Waals surface area (Å²) in [6.07, 6.45) is 2.95. The molecule has 0 radical (unpaired) electrons. The molecule has 0 bridgehead atoms. The lowest BCUT2D eigenvalue weighted by atomic mass is 10.1.